The third-order valence-electron chi connectivity index (χ3n) is 3.31. The SMILES string of the molecule is Cc1onc(-c2ccccc2)c1C(=O)Nc1cc(Br)ccc1Br. The van der Waals surface area contributed by atoms with Gasteiger partial charge in [-0.05, 0) is 41.1 Å². The van der Waals surface area contributed by atoms with Crippen LogP contribution in [0.15, 0.2) is 62.0 Å². The minimum atomic E-state index is -0.263. The Morgan fingerprint density at radius 2 is 1.87 bits per heavy atom. The molecule has 0 unspecified atom stereocenters. The van der Waals surface area contributed by atoms with Crippen LogP contribution in [0.5, 0.6) is 0 Å². The van der Waals surface area contributed by atoms with Crippen LogP contribution in [0.25, 0.3) is 11.3 Å². The fourth-order valence-electron chi connectivity index (χ4n) is 2.21. The summed E-state index contributed by atoms with van der Waals surface area (Å²) in [6.07, 6.45) is 0. The highest BCUT2D eigenvalue weighted by Gasteiger charge is 2.22. The maximum atomic E-state index is 12.7. The molecule has 3 rings (SSSR count). The molecule has 0 atom stereocenters. The average molecular weight is 436 g/mol. The second kappa shape index (κ2) is 6.68. The van der Waals surface area contributed by atoms with Gasteiger partial charge in [0.25, 0.3) is 5.91 Å². The standard InChI is InChI=1S/C17H12Br2N2O2/c1-10-15(16(21-23-10)11-5-3-2-4-6-11)17(22)20-14-9-12(18)7-8-13(14)19/h2-9H,1H3,(H,20,22). The van der Waals surface area contributed by atoms with Crippen molar-refractivity contribution in [3.05, 3.63) is 68.8 Å². The maximum Gasteiger partial charge on any atom is 0.261 e. The number of aryl methyl sites for hydroxylation is 1. The number of rotatable bonds is 3. The van der Waals surface area contributed by atoms with E-state index < -0.39 is 0 Å². The van der Waals surface area contributed by atoms with E-state index in [2.05, 4.69) is 42.3 Å². The second-order valence-electron chi connectivity index (χ2n) is 4.91. The molecule has 1 heterocycles. The monoisotopic (exact) mass is 434 g/mol. The first kappa shape index (κ1) is 16.0. The molecule has 6 heteroatoms. The summed E-state index contributed by atoms with van der Waals surface area (Å²) in [4.78, 5) is 12.7. The van der Waals surface area contributed by atoms with Crippen LogP contribution < -0.4 is 5.32 Å². The molecule has 0 aliphatic heterocycles. The summed E-state index contributed by atoms with van der Waals surface area (Å²) in [5.74, 6) is 0.217. The number of halogens is 2. The zero-order valence-corrected chi connectivity index (χ0v) is 15.3. The van der Waals surface area contributed by atoms with Crippen molar-refractivity contribution in [2.75, 3.05) is 5.32 Å². The largest absolute Gasteiger partial charge is 0.360 e. The van der Waals surface area contributed by atoms with Crippen LogP contribution in [0.3, 0.4) is 0 Å². The summed E-state index contributed by atoms with van der Waals surface area (Å²) in [6, 6.07) is 15.1. The van der Waals surface area contributed by atoms with Gasteiger partial charge in [-0.2, -0.15) is 0 Å². The van der Waals surface area contributed by atoms with Crippen molar-refractivity contribution in [2.24, 2.45) is 0 Å². The normalized spacial score (nSPS) is 10.6. The molecule has 0 bridgehead atoms. The molecule has 0 saturated heterocycles. The number of hydrogen-bond acceptors (Lipinski definition) is 3. The number of anilines is 1. The van der Waals surface area contributed by atoms with Gasteiger partial charge in [0.1, 0.15) is 17.0 Å². The highest BCUT2D eigenvalue weighted by Crippen LogP contribution is 2.29. The van der Waals surface area contributed by atoms with Crippen molar-refractivity contribution in [2.45, 2.75) is 6.92 Å². The molecular formula is C17H12Br2N2O2. The smallest absolute Gasteiger partial charge is 0.261 e. The zero-order chi connectivity index (χ0) is 16.4. The molecule has 4 nitrogen and oxygen atoms in total. The van der Waals surface area contributed by atoms with Gasteiger partial charge < -0.3 is 9.84 Å². The number of carbonyl (C=O) groups excluding carboxylic acids is 1. The highest BCUT2D eigenvalue weighted by atomic mass is 79.9. The first-order valence-electron chi connectivity index (χ1n) is 6.84. The predicted octanol–water partition coefficient (Wildman–Crippen LogP) is 5.43. The van der Waals surface area contributed by atoms with Gasteiger partial charge in [0.05, 0.1) is 5.69 Å². The Morgan fingerprint density at radius 3 is 2.61 bits per heavy atom. The second-order valence-corrected chi connectivity index (χ2v) is 6.68. The summed E-state index contributed by atoms with van der Waals surface area (Å²) >= 11 is 6.83. The number of aromatic nitrogens is 1. The topological polar surface area (TPSA) is 55.1 Å². The fraction of sp³-hybridized carbons (Fsp3) is 0.0588. The molecule has 1 amide bonds. The lowest BCUT2D eigenvalue weighted by Crippen LogP contribution is -2.14. The predicted molar refractivity (Wildman–Crippen MR) is 96.5 cm³/mol. The van der Waals surface area contributed by atoms with E-state index in [-0.39, 0.29) is 5.91 Å². The lowest BCUT2D eigenvalue weighted by Gasteiger charge is -2.08. The van der Waals surface area contributed by atoms with E-state index in [4.69, 9.17) is 4.52 Å². The van der Waals surface area contributed by atoms with E-state index >= 15 is 0 Å². The Bertz CT molecular complexity index is 860. The summed E-state index contributed by atoms with van der Waals surface area (Å²) in [5.41, 5.74) is 2.47. The van der Waals surface area contributed by atoms with Crippen LogP contribution in [0.1, 0.15) is 16.1 Å². The number of benzene rings is 2. The molecule has 0 aliphatic rings. The van der Waals surface area contributed by atoms with Crippen molar-refractivity contribution in [3.63, 3.8) is 0 Å². The molecule has 23 heavy (non-hydrogen) atoms. The number of nitrogens with zero attached hydrogens (tertiary/aromatic N) is 1. The van der Waals surface area contributed by atoms with Crippen molar-refractivity contribution in [3.8, 4) is 11.3 Å². The minimum absolute atomic E-state index is 0.263. The van der Waals surface area contributed by atoms with Gasteiger partial charge in [-0.1, -0.05) is 51.4 Å². The van der Waals surface area contributed by atoms with Gasteiger partial charge in [0.2, 0.25) is 0 Å². The van der Waals surface area contributed by atoms with Crippen LogP contribution in [0.2, 0.25) is 0 Å². The molecule has 1 aromatic heterocycles. The summed E-state index contributed by atoms with van der Waals surface area (Å²) in [6.45, 7) is 1.73. The molecule has 0 radical (unpaired) electrons. The number of carbonyl (C=O) groups is 1. The van der Waals surface area contributed by atoms with E-state index in [1.807, 2.05) is 48.5 Å². The van der Waals surface area contributed by atoms with Crippen molar-refractivity contribution < 1.29 is 9.32 Å². The quantitative estimate of drug-likeness (QED) is 0.596. The molecule has 1 N–H and O–H groups in total. The molecule has 0 spiro atoms. The lowest BCUT2D eigenvalue weighted by molar-refractivity contribution is 0.102. The van der Waals surface area contributed by atoms with Crippen LogP contribution in [0.4, 0.5) is 5.69 Å². The third-order valence-corrected chi connectivity index (χ3v) is 4.50. The first-order valence-corrected chi connectivity index (χ1v) is 8.43. The van der Waals surface area contributed by atoms with Crippen LogP contribution in [0, 0.1) is 6.92 Å². The lowest BCUT2D eigenvalue weighted by atomic mass is 10.1. The van der Waals surface area contributed by atoms with Gasteiger partial charge >= 0.3 is 0 Å². The maximum absolute atomic E-state index is 12.7. The number of nitrogens with one attached hydrogen (secondary N) is 1. The zero-order valence-electron chi connectivity index (χ0n) is 12.1. The molecule has 0 saturated carbocycles. The minimum Gasteiger partial charge on any atom is -0.360 e. The first-order chi connectivity index (χ1) is 11.1. The molecule has 0 aliphatic carbocycles. The Kier molecular flexibility index (Phi) is 4.63. The average Bonchev–Trinajstić information content (AvgIpc) is 2.93. The molecular weight excluding hydrogens is 424 g/mol. The van der Waals surface area contributed by atoms with E-state index in [0.717, 1.165) is 14.5 Å². The van der Waals surface area contributed by atoms with Crippen molar-refractivity contribution in [1.29, 1.82) is 0 Å². The Labute approximate surface area is 150 Å². The van der Waals surface area contributed by atoms with Crippen molar-refractivity contribution in [1.82, 2.24) is 5.16 Å². The van der Waals surface area contributed by atoms with E-state index in [9.17, 15) is 4.79 Å². The number of hydrogen-bond donors (Lipinski definition) is 1. The summed E-state index contributed by atoms with van der Waals surface area (Å²) < 4.78 is 6.90. The molecule has 2 aromatic carbocycles. The third kappa shape index (κ3) is 3.38. The Hall–Kier alpha value is -1.92. The molecule has 3 aromatic rings. The fourth-order valence-corrected chi connectivity index (χ4v) is 2.92. The van der Waals surface area contributed by atoms with Gasteiger partial charge in [-0.3, -0.25) is 4.79 Å². The van der Waals surface area contributed by atoms with Crippen LogP contribution >= 0.6 is 31.9 Å². The molecule has 0 fully saturated rings. The van der Waals surface area contributed by atoms with Crippen LogP contribution in [-0.4, -0.2) is 11.1 Å². The Morgan fingerprint density at radius 1 is 1.13 bits per heavy atom. The van der Waals surface area contributed by atoms with E-state index in [1.165, 1.54) is 0 Å². The van der Waals surface area contributed by atoms with Crippen molar-refractivity contribution >= 4 is 43.5 Å². The van der Waals surface area contributed by atoms with Gasteiger partial charge in [-0.15, -0.1) is 0 Å². The highest BCUT2D eigenvalue weighted by molar-refractivity contribution is 9.11. The van der Waals surface area contributed by atoms with Gasteiger partial charge in [-0.25, -0.2) is 0 Å². The Balaban J connectivity index is 1.97. The summed E-state index contributed by atoms with van der Waals surface area (Å²) in [7, 11) is 0. The summed E-state index contributed by atoms with van der Waals surface area (Å²) in [5, 5.41) is 6.92. The number of amides is 1. The van der Waals surface area contributed by atoms with E-state index in [0.29, 0.717) is 22.7 Å². The molecule has 116 valence electrons. The van der Waals surface area contributed by atoms with Crippen LogP contribution in [-0.2, 0) is 0 Å². The van der Waals surface area contributed by atoms with Gasteiger partial charge in [0, 0.05) is 14.5 Å². The van der Waals surface area contributed by atoms with Gasteiger partial charge in [0.15, 0.2) is 0 Å². The van der Waals surface area contributed by atoms with E-state index in [1.54, 1.807) is 6.92 Å².